The van der Waals surface area contributed by atoms with Gasteiger partial charge in [-0.2, -0.15) is 4.98 Å². The Bertz CT molecular complexity index is 803. The van der Waals surface area contributed by atoms with E-state index in [1.165, 1.54) is 14.2 Å². The lowest BCUT2D eigenvalue weighted by atomic mass is 10.0. The fourth-order valence-corrected chi connectivity index (χ4v) is 2.29. The summed E-state index contributed by atoms with van der Waals surface area (Å²) < 4.78 is 10.6. The molecule has 0 N–H and O–H groups in total. The Labute approximate surface area is 146 Å². The molecule has 132 valence electrons. The minimum Gasteiger partial charge on any atom is -0.472 e. The van der Waals surface area contributed by atoms with Crippen LogP contribution in [0.2, 0.25) is 0 Å². The number of oxime groups is 1. The first-order valence-electron chi connectivity index (χ1n) is 7.70. The van der Waals surface area contributed by atoms with Gasteiger partial charge in [-0.3, -0.25) is 0 Å². The molecule has 2 rings (SSSR count). The standard InChI is InChI=1S/C18H21N3O4/c1-11-12(2)19-13(3)20-17(11)25-10-14-8-6-7-9-15(14)16(21-24-5)18(22)23-4/h6-9H,10H2,1-5H3/b21-16+. The molecule has 0 fully saturated rings. The summed E-state index contributed by atoms with van der Waals surface area (Å²) in [6.07, 6.45) is 0. The Morgan fingerprint density at radius 2 is 1.84 bits per heavy atom. The second kappa shape index (κ2) is 8.23. The molecule has 2 aromatic rings. The molecule has 7 nitrogen and oxygen atoms in total. The summed E-state index contributed by atoms with van der Waals surface area (Å²) >= 11 is 0. The maximum Gasteiger partial charge on any atom is 0.360 e. The Morgan fingerprint density at radius 1 is 1.12 bits per heavy atom. The summed E-state index contributed by atoms with van der Waals surface area (Å²) in [4.78, 5) is 25.4. The quantitative estimate of drug-likeness (QED) is 0.455. The van der Waals surface area contributed by atoms with Crippen molar-refractivity contribution in [2.24, 2.45) is 5.16 Å². The van der Waals surface area contributed by atoms with E-state index in [2.05, 4.69) is 15.1 Å². The third kappa shape index (κ3) is 4.32. The molecule has 0 spiro atoms. The van der Waals surface area contributed by atoms with Crippen molar-refractivity contribution in [1.82, 2.24) is 9.97 Å². The van der Waals surface area contributed by atoms with Crippen molar-refractivity contribution < 1.29 is 19.1 Å². The highest BCUT2D eigenvalue weighted by atomic mass is 16.6. The average Bonchev–Trinajstić information content (AvgIpc) is 2.61. The first kappa shape index (κ1) is 18.4. The van der Waals surface area contributed by atoms with E-state index in [0.29, 0.717) is 17.3 Å². The molecule has 0 atom stereocenters. The van der Waals surface area contributed by atoms with Crippen molar-refractivity contribution in [3.8, 4) is 5.88 Å². The zero-order valence-electron chi connectivity index (χ0n) is 15.0. The van der Waals surface area contributed by atoms with Crippen LogP contribution in [0.1, 0.15) is 28.2 Å². The van der Waals surface area contributed by atoms with E-state index in [1.54, 1.807) is 12.1 Å². The molecule has 0 bridgehead atoms. The van der Waals surface area contributed by atoms with Crippen LogP contribution in [-0.4, -0.2) is 35.9 Å². The maximum absolute atomic E-state index is 12.0. The van der Waals surface area contributed by atoms with Crippen molar-refractivity contribution in [3.05, 3.63) is 52.5 Å². The minimum atomic E-state index is -0.584. The number of nitrogens with zero attached hydrogens (tertiary/aromatic N) is 3. The Balaban J connectivity index is 2.33. The number of carbonyl (C=O) groups is 1. The van der Waals surface area contributed by atoms with Gasteiger partial charge in [0.05, 0.1) is 7.11 Å². The molecule has 1 aromatic heterocycles. The highest BCUT2D eigenvalue weighted by Gasteiger charge is 2.19. The van der Waals surface area contributed by atoms with Crippen LogP contribution in [0.4, 0.5) is 0 Å². The molecule has 0 radical (unpaired) electrons. The summed E-state index contributed by atoms with van der Waals surface area (Å²) in [5.74, 6) is 0.574. The summed E-state index contributed by atoms with van der Waals surface area (Å²) in [5, 5.41) is 3.79. The molecule has 0 aliphatic carbocycles. The first-order chi connectivity index (χ1) is 12.0. The number of hydrogen-bond acceptors (Lipinski definition) is 7. The number of methoxy groups -OCH3 is 1. The minimum absolute atomic E-state index is 0.0796. The van der Waals surface area contributed by atoms with Gasteiger partial charge in [-0.25, -0.2) is 9.78 Å². The average molecular weight is 343 g/mol. The number of carbonyl (C=O) groups excluding carboxylic acids is 1. The SMILES string of the molecule is CO/N=C(/C(=O)OC)c1ccccc1COc1nc(C)nc(C)c1C. The van der Waals surface area contributed by atoms with Crippen LogP contribution in [0.15, 0.2) is 29.4 Å². The Hall–Kier alpha value is -2.96. The topological polar surface area (TPSA) is 82.9 Å². The molecular formula is C18H21N3O4. The van der Waals surface area contributed by atoms with Gasteiger partial charge in [-0.1, -0.05) is 29.4 Å². The largest absolute Gasteiger partial charge is 0.472 e. The number of rotatable bonds is 6. The molecule has 0 unspecified atom stereocenters. The van der Waals surface area contributed by atoms with Gasteiger partial charge < -0.3 is 14.3 Å². The number of esters is 1. The smallest absolute Gasteiger partial charge is 0.360 e. The molecule has 25 heavy (non-hydrogen) atoms. The van der Waals surface area contributed by atoms with Crippen molar-refractivity contribution >= 4 is 11.7 Å². The van der Waals surface area contributed by atoms with E-state index < -0.39 is 5.97 Å². The third-order valence-corrected chi connectivity index (χ3v) is 3.65. The normalized spacial score (nSPS) is 11.2. The van der Waals surface area contributed by atoms with E-state index >= 15 is 0 Å². The molecule has 1 heterocycles. The fraction of sp³-hybridized carbons (Fsp3) is 0.333. The molecule has 0 saturated heterocycles. The Morgan fingerprint density at radius 3 is 2.52 bits per heavy atom. The second-order valence-electron chi connectivity index (χ2n) is 5.35. The summed E-state index contributed by atoms with van der Waals surface area (Å²) in [7, 11) is 2.67. The second-order valence-corrected chi connectivity index (χ2v) is 5.35. The Kier molecular flexibility index (Phi) is 6.05. The van der Waals surface area contributed by atoms with Gasteiger partial charge in [0.25, 0.3) is 0 Å². The zero-order valence-corrected chi connectivity index (χ0v) is 15.0. The maximum atomic E-state index is 12.0. The summed E-state index contributed by atoms with van der Waals surface area (Å²) in [6.45, 7) is 5.84. The number of benzene rings is 1. The van der Waals surface area contributed by atoms with Gasteiger partial charge >= 0.3 is 5.97 Å². The lowest BCUT2D eigenvalue weighted by Gasteiger charge is -2.13. The number of hydrogen-bond donors (Lipinski definition) is 0. The molecule has 0 aliphatic heterocycles. The van der Waals surface area contributed by atoms with Crippen molar-refractivity contribution in [2.75, 3.05) is 14.2 Å². The molecule has 1 aromatic carbocycles. The summed E-state index contributed by atoms with van der Waals surface area (Å²) in [6, 6.07) is 7.26. The molecule has 0 aliphatic rings. The van der Waals surface area contributed by atoms with E-state index in [9.17, 15) is 4.79 Å². The van der Waals surface area contributed by atoms with Crippen LogP contribution in [0, 0.1) is 20.8 Å². The first-order valence-corrected chi connectivity index (χ1v) is 7.70. The number of aromatic nitrogens is 2. The van der Waals surface area contributed by atoms with Gasteiger partial charge in [0, 0.05) is 16.8 Å². The van der Waals surface area contributed by atoms with Gasteiger partial charge in [0.2, 0.25) is 5.88 Å². The van der Waals surface area contributed by atoms with Crippen LogP contribution < -0.4 is 4.74 Å². The van der Waals surface area contributed by atoms with Crippen molar-refractivity contribution in [1.29, 1.82) is 0 Å². The van der Waals surface area contributed by atoms with Crippen LogP contribution in [0.25, 0.3) is 0 Å². The highest BCUT2D eigenvalue weighted by molar-refractivity contribution is 6.43. The van der Waals surface area contributed by atoms with Gasteiger partial charge in [0.15, 0.2) is 5.71 Å². The lowest BCUT2D eigenvalue weighted by molar-refractivity contribution is -0.132. The van der Waals surface area contributed by atoms with Crippen LogP contribution in [0.5, 0.6) is 5.88 Å². The summed E-state index contributed by atoms with van der Waals surface area (Å²) in [5.41, 5.74) is 3.16. The third-order valence-electron chi connectivity index (χ3n) is 3.65. The number of ether oxygens (including phenoxy) is 2. The van der Waals surface area contributed by atoms with Crippen LogP contribution in [-0.2, 0) is 21.0 Å². The molecule has 7 heteroatoms. The van der Waals surface area contributed by atoms with Crippen molar-refractivity contribution in [3.63, 3.8) is 0 Å². The monoisotopic (exact) mass is 343 g/mol. The number of aryl methyl sites for hydroxylation is 2. The van der Waals surface area contributed by atoms with Gasteiger partial charge in [-0.05, 0) is 26.3 Å². The molecular weight excluding hydrogens is 322 g/mol. The fourth-order valence-electron chi connectivity index (χ4n) is 2.29. The van der Waals surface area contributed by atoms with Crippen LogP contribution in [0.3, 0.4) is 0 Å². The van der Waals surface area contributed by atoms with E-state index in [4.69, 9.17) is 14.3 Å². The molecule has 0 saturated carbocycles. The van der Waals surface area contributed by atoms with Gasteiger partial charge in [-0.15, -0.1) is 0 Å². The van der Waals surface area contributed by atoms with Crippen molar-refractivity contribution in [2.45, 2.75) is 27.4 Å². The molecule has 0 amide bonds. The van der Waals surface area contributed by atoms with Crippen LogP contribution >= 0.6 is 0 Å². The zero-order chi connectivity index (χ0) is 18.4. The van der Waals surface area contributed by atoms with E-state index in [-0.39, 0.29) is 12.3 Å². The van der Waals surface area contributed by atoms with E-state index in [0.717, 1.165) is 16.8 Å². The predicted octanol–water partition coefficient (Wildman–Crippen LogP) is 2.50. The van der Waals surface area contributed by atoms with Gasteiger partial charge in [0.1, 0.15) is 19.5 Å². The van der Waals surface area contributed by atoms with E-state index in [1.807, 2.05) is 32.9 Å². The predicted molar refractivity (Wildman–Crippen MR) is 92.6 cm³/mol. The lowest BCUT2D eigenvalue weighted by Crippen LogP contribution is -2.20. The highest BCUT2D eigenvalue weighted by Crippen LogP contribution is 2.20.